The van der Waals surface area contributed by atoms with E-state index in [9.17, 15) is 9.59 Å². The number of rotatable bonds is 6. The summed E-state index contributed by atoms with van der Waals surface area (Å²) >= 11 is 0. The van der Waals surface area contributed by atoms with Gasteiger partial charge in [-0.3, -0.25) is 9.59 Å². The van der Waals surface area contributed by atoms with Crippen LogP contribution in [0.3, 0.4) is 0 Å². The average Bonchev–Trinajstić information content (AvgIpc) is 2.72. The van der Waals surface area contributed by atoms with Gasteiger partial charge < -0.3 is 13.9 Å². The van der Waals surface area contributed by atoms with Crippen molar-refractivity contribution in [2.45, 2.75) is 12.7 Å². The van der Waals surface area contributed by atoms with Crippen LogP contribution >= 0.6 is 0 Å². The molecule has 0 aliphatic rings. The highest BCUT2D eigenvalue weighted by Gasteiger charge is 2.21. The van der Waals surface area contributed by atoms with Crippen LogP contribution in [0.1, 0.15) is 17.0 Å². The van der Waals surface area contributed by atoms with Gasteiger partial charge in [-0.2, -0.15) is 0 Å². The molecule has 5 heteroatoms. The summed E-state index contributed by atoms with van der Waals surface area (Å²) in [4.78, 5) is 22.8. The highest BCUT2D eigenvalue weighted by molar-refractivity contribution is 6.07. The van der Waals surface area contributed by atoms with Crippen molar-refractivity contribution in [3.8, 4) is 0 Å². The molecule has 1 aromatic rings. The number of hydrogen-bond acceptors (Lipinski definition) is 5. The number of furan rings is 1. The van der Waals surface area contributed by atoms with E-state index in [1.807, 2.05) is 0 Å². The SMILES string of the molecule is COC(OC)C(=O)CC(=O)c1ccco1. The van der Waals surface area contributed by atoms with Crippen LogP contribution in [0.15, 0.2) is 22.8 Å². The van der Waals surface area contributed by atoms with Gasteiger partial charge >= 0.3 is 0 Å². The van der Waals surface area contributed by atoms with Gasteiger partial charge in [-0.1, -0.05) is 0 Å². The van der Waals surface area contributed by atoms with Crippen LogP contribution in [0.2, 0.25) is 0 Å². The number of carbonyl (C=O) groups excluding carboxylic acids is 2. The summed E-state index contributed by atoms with van der Waals surface area (Å²) in [6.07, 6.45) is 0.0886. The minimum absolute atomic E-state index is 0.161. The summed E-state index contributed by atoms with van der Waals surface area (Å²) in [7, 11) is 2.67. The Morgan fingerprint density at radius 2 is 2.07 bits per heavy atom. The Morgan fingerprint density at radius 3 is 2.53 bits per heavy atom. The van der Waals surface area contributed by atoms with Crippen molar-refractivity contribution in [3.63, 3.8) is 0 Å². The van der Waals surface area contributed by atoms with Crippen LogP contribution in [0.4, 0.5) is 0 Å². The zero-order valence-electron chi connectivity index (χ0n) is 8.56. The van der Waals surface area contributed by atoms with E-state index in [1.54, 1.807) is 6.07 Å². The molecular weight excluding hydrogens is 200 g/mol. The third kappa shape index (κ3) is 3.00. The lowest BCUT2D eigenvalue weighted by Crippen LogP contribution is -2.26. The third-order valence-corrected chi connectivity index (χ3v) is 1.82. The van der Waals surface area contributed by atoms with Gasteiger partial charge in [0.25, 0.3) is 0 Å². The summed E-state index contributed by atoms with van der Waals surface area (Å²) in [6, 6.07) is 3.09. The molecule has 0 aromatic carbocycles. The molecule has 0 radical (unpaired) electrons. The van der Waals surface area contributed by atoms with Crippen molar-refractivity contribution in [3.05, 3.63) is 24.2 Å². The topological polar surface area (TPSA) is 65.7 Å². The fourth-order valence-electron chi connectivity index (χ4n) is 1.13. The Labute approximate surface area is 87.0 Å². The predicted molar refractivity (Wildman–Crippen MR) is 50.5 cm³/mol. The Kier molecular flexibility index (Phi) is 4.20. The Bertz CT molecular complexity index is 324. The molecule has 0 unspecified atom stereocenters. The zero-order valence-corrected chi connectivity index (χ0v) is 8.56. The monoisotopic (exact) mass is 212 g/mol. The molecule has 0 aliphatic heterocycles. The second-order valence-electron chi connectivity index (χ2n) is 2.85. The van der Waals surface area contributed by atoms with Crippen LogP contribution in [0.5, 0.6) is 0 Å². The van der Waals surface area contributed by atoms with E-state index in [-0.39, 0.29) is 18.0 Å². The Hall–Kier alpha value is -1.46. The molecule has 15 heavy (non-hydrogen) atoms. The molecule has 0 spiro atoms. The lowest BCUT2D eigenvalue weighted by Gasteiger charge is -2.10. The first-order chi connectivity index (χ1) is 7.19. The maximum absolute atomic E-state index is 11.4. The molecule has 0 saturated heterocycles. The standard InChI is InChI=1S/C10H12O5/c1-13-10(14-2)8(12)6-7(11)9-4-3-5-15-9/h3-5,10H,6H2,1-2H3. The minimum atomic E-state index is -0.996. The molecule has 0 bridgehead atoms. The fraction of sp³-hybridized carbons (Fsp3) is 0.400. The van der Waals surface area contributed by atoms with Crippen molar-refractivity contribution >= 4 is 11.6 Å². The highest BCUT2D eigenvalue weighted by Crippen LogP contribution is 2.07. The Balaban J connectivity index is 2.55. The number of carbonyl (C=O) groups is 2. The molecule has 1 aromatic heterocycles. The number of hydrogen-bond donors (Lipinski definition) is 0. The van der Waals surface area contributed by atoms with Crippen molar-refractivity contribution in [1.29, 1.82) is 0 Å². The summed E-state index contributed by atoms with van der Waals surface area (Å²) < 4.78 is 14.3. The van der Waals surface area contributed by atoms with Gasteiger partial charge in [0.15, 0.2) is 11.5 Å². The summed E-state index contributed by atoms with van der Waals surface area (Å²) in [5.41, 5.74) is 0. The molecule has 0 aliphatic carbocycles. The van der Waals surface area contributed by atoms with Crippen LogP contribution < -0.4 is 0 Å². The maximum atomic E-state index is 11.4. The lowest BCUT2D eigenvalue weighted by molar-refractivity contribution is -0.155. The van der Waals surface area contributed by atoms with E-state index in [1.165, 1.54) is 26.5 Å². The quantitative estimate of drug-likeness (QED) is 0.400. The molecule has 0 saturated carbocycles. The molecule has 0 N–H and O–H groups in total. The predicted octanol–water partition coefficient (Wildman–Crippen LogP) is 1.04. The smallest absolute Gasteiger partial charge is 0.217 e. The highest BCUT2D eigenvalue weighted by atomic mass is 16.7. The van der Waals surface area contributed by atoms with Gasteiger partial charge in [-0.15, -0.1) is 0 Å². The normalized spacial score (nSPS) is 10.6. The van der Waals surface area contributed by atoms with Crippen LogP contribution in [-0.2, 0) is 14.3 Å². The van der Waals surface area contributed by atoms with Crippen LogP contribution in [-0.4, -0.2) is 32.1 Å². The lowest BCUT2D eigenvalue weighted by atomic mass is 10.1. The summed E-state index contributed by atoms with van der Waals surface area (Å²) in [5.74, 6) is -0.653. The first kappa shape index (κ1) is 11.6. The van der Waals surface area contributed by atoms with E-state index >= 15 is 0 Å². The van der Waals surface area contributed by atoms with Crippen molar-refractivity contribution in [1.82, 2.24) is 0 Å². The van der Waals surface area contributed by atoms with E-state index in [0.717, 1.165) is 0 Å². The van der Waals surface area contributed by atoms with Gasteiger partial charge in [-0.05, 0) is 12.1 Å². The van der Waals surface area contributed by atoms with Crippen molar-refractivity contribution in [2.24, 2.45) is 0 Å². The van der Waals surface area contributed by atoms with Gasteiger partial charge in [0.2, 0.25) is 12.1 Å². The van der Waals surface area contributed by atoms with Gasteiger partial charge in [0.1, 0.15) is 0 Å². The third-order valence-electron chi connectivity index (χ3n) is 1.82. The van der Waals surface area contributed by atoms with Gasteiger partial charge in [0.05, 0.1) is 12.7 Å². The molecular formula is C10H12O5. The molecule has 0 atom stereocenters. The molecule has 1 rings (SSSR count). The first-order valence-electron chi connectivity index (χ1n) is 4.34. The van der Waals surface area contributed by atoms with E-state index in [2.05, 4.69) is 0 Å². The number of methoxy groups -OCH3 is 2. The van der Waals surface area contributed by atoms with Crippen LogP contribution in [0.25, 0.3) is 0 Å². The molecule has 82 valence electrons. The molecule has 0 fully saturated rings. The Morgan fingerprint density at radius 1 is 1.40 bits per heavy atom. The maximum Gasteiger partial charge on any atom is 0.217 e. The first-order valence-corrected chi connectivity index (χ1v) is 4.34. The minimum Gasteiger partial charge on any atom is -0.461 e. The second kappa shape index (κ2) is 5.43. The summed E-state index contributed by atoms with van der Waals surface area (Å²) in [6.45, 7) is 0. The number of ketones is 2. The average molecular weight is 212 g/mol. The molecule has 0 amide bonds. The van der Waals surface area contributed by atoms with Crippen molar-refractivity contribution in [2.75, 3.05) is 14.2 Å². The summed E-state index contributed by atoms with van der Waals surface area (Å²) in [5, 5.41) is 0. The second-order valence-corrected chi connectivity index (χ2v) is 2.85. The zero-order chi connectivity index (χ0) is 11.3. The van der Waals surface area contributed by atoms with E-state index < -0.39 is 12.1 Å². The fourth-order valence-corrected chi connectivity index (χ4v) is 1.13. The van der Waals surface area contributed by atoms with Crippen LogP contribution in [0, 0.1) is 0 Å². The molecule has 5 nitrogen and oxygen atoms in total. The van der Waals surface area contributed by atoms with E-state index in [0.29, 0.717) is 0 Å². The van der Waals surface area contributed by atoms with Gasteiger partial charge in [-0.25, -0.2) is 0 Å². The number of ether oxygens (including phenoxy) is 2. The van der Waals surface area contributed by atoms with Gasteiger partial charge in [0, 0.05) is 14.2 Å². The number of Topliss-reactive ketones (excluding diaryl/α,β-unsaturated/α-hetero) is 2. The largest absolute Gasteiger partial charge is 0.461 e. The molecule has 1 heterocycles. The van der Waals surface area contributed by atoms with E-state index in [4.69, 9.17) is 13.9 Å². The van der Waals surface area contributed by atoms with Crippen molar-refractivity contribution < 1.29 is 23.5 Å².